The molecule has 232 valence electrons. The molecule has 0 radical (unpaired) electrons. The van der Waals surface area contributed by atoms with E-state index in [1.807, 2.05) is 6.08 Å². The number of phenols is 1. The Kier molecular flexibility index (Phi) is 6.85. The fraction of sp³-hybridized carbons (Fsp3) is 0.250. The van der Waals surface area contributed by atoms with Crippen LogP contribution in [0.3, 0.4) is 0 Å². The summed E-state index contributed by atoms with van der Waals surface area (Å²) in [4.78, 5) is 79.6. The van der Waals surface area contributed by atoms with Gasteiger partial charge >= 0.3 is 0 Å². The number of aromatic hydroxyl groups is 1. The van der Waals surface area contributed by atoms with Gasteiger partial charge in [-0.2, -0.15) is 0 Å². The van der Waals surface area contributed by atoms with Gasteiger partial charge in [0.2, 0.25) is 23.6 Å². The van der Waals surface area contributed by atoms with Crippen LogP contribution in [0.25, 0.3) is 0 Å². The number of nitrogens with zero attached hydrogens (tertiary/aromatic N) is 4. The number of halogens is 1. The SMILES string of the molecule is O=C1C2CC=C3C(CC4C(=O)N(c5cccc([N+](=O)[O-])c5)C(=O)C4C3c3cc(Br)ccc3O)C2C(=O)N1c1cccc([N+](=O)[O-])c1. The number of fused-ring (bicyclic) bond motifs is 4. The Morgan fingerprint density at radius 3 is 1.87 bits per heavy atom. The summed E-state index contributed by atoms with van der Waals surface area (Å²) in [5.41, 5.74) is 0.514. The Morgan fingerprint density at radius 1 is 0.717 bits per heavy atom. The average Bonchev–Trinajstić information content (AvgIpc) is 3.44. The van der Waals surface area contributed by atoms with Crippen LogP contribution >= 0.6 is 15.9 Å². The molecule has 1 N–H and O–H groups in total. The lowest BCUT2D eigenvalue weighted by Crippen LogP contribution is -2.43. The first kappa shape index (κ1) is 29.5. The lowest BCUT2D eigenvalue weighted by atomic mass is 9.57. The Labute approximate surface area is 268 Å². The molecule has 4 aliphatic rings. The Bertz CT molecular complexity index is 1940. The molecule has 14 heteroatoms. The molecule has 4 amide bonds. The van der Waals surface area contributed by atoms with Crippen molar-refractivity contribution in [2.75, 3.05) is 9.80 Å². The average molecular weight is 687 g/mol. The number of non-ortho nitro benzene ring substituents is 2. The fourth-order valence-electron chi connectivity index (χ4n) is 7.71. The van der Waals surface area contributed by atoms with Gasteiger partial charge in [0, 0.05) is 40.2 Å². The Balaban J connectivity index is 1.34. The summed E-state index contributed by atoms with van der Waals surface area (Å²) in [5.74, 6) is -7.59. The summed E-state index contributed by atoms with van der Waals surface area (Å²) in [5, 5.41) is 34.0. The van der Waals surface area contributed by atoms with Crippen LogP contribution in [0, 0.1) is 49.8 Å². The van der Waals surface area contributed by atoms with E-state index in [2.05, 4.69) is 15.9 Å². The van der Waals surface area contributed by atoms with Gasteiger partial charge in [0.05, 0.1) is 44.9 Å². The standard InChI is InChI=1S/C32H23BrN4O9/c33-15-7-10-25(38)23(11-15)26-20-8-9-21-27(31(41)34(29(21)39)16-3-1-5-18(12-16)36(43)44)22(20)14-24-28(26)32(42)35(30(24)40)17-4-2-6-19(13-17)37(45)46/h1-8,10-13,21-22,24,26-28,38H,9,14H2. The smallest absolute Gasteiger partial charge is 0.271 e. The van der Waals surface area contributed by atoms with Crippen molar-refractivity contribution in [1.82, 2.24) is 0 Å². The quantitative estimate of drug-likeness (QED) is 0.167. The van der Waals surface area contributed by atoms with Gasteiger partial charge in [-0.25, -0.2) is 9.80 Å². The maximum Gasteiger partial charge on any atom is 0.271 e. The number of carbonyl (C=O) groups excluding carboxylic acids is 4. The Morgan fingerprint density at radius 2 is 1.28 bits per heavy atom. The van der Waals surface area contributed by atoms with E-state index in [4.69, 9.17) is 0 Å². The van der Waals surface area contributed by atoms with Crippen molar-refractivity contribution in [3.05, 3.63) is 109 Å². The van der Waals surface area contributed by atoms with Crippen molar-refractivity contribution in [2.24, 2.45) is 29.6 Å². The van der Waals surface area contributed by atoms with Crippen LogP contribution in [0.15, 0.2) is 82.9 Å². The number of benzene rings is 3. The lowest BCUT2D eigenvalue weighted by molar-refractivity contribution is -0.385. The summed E-state index contributed by atoms with van der Waals surface area (Å²) in [6, 6.07) is 15.2. The van der Waals surface area contributed by atoms with E-state index in [1.165, 1.54) is 42.5 Å². The third kappa shape index (κ3) is 4.35. The maximum atomic E-state index is 14.2. The predicted molar refractivity (Wildman–Crippen MR) is 164 cm³/mol. The van der Waals surface area contributed by atoms with Crippen molar-refractivity contribution >= 4 is 62.3 Å². The molecule has 2 saturated heterocycles. The number of hydrogen-bond acceptors (Lipinski definition) is 9. The molecule has 3 aromatic carbocycles. The molecule has 7 rings (SSSR count). The first-order valence-electron chi connectivity index (χ1n) is 14.4. The van der Waals surface area contributed by atoms with Gasteiger partial charge in [0.1, 0.15) is 5.75 Å². The number of nitro benzene ring substituents is 2. The molecule has 2 aliphatic carbocycles. The van der Waals surface area contributed by atoms with Gasteiger partial charge in [-0.3, -0.25) is 39.4 Å². The van der Waals surface area contributed by atoms with E-state index in [1.54, 1.807) is 12.1 Å². The normalized spacial score (nSPS) is 26.8. The fourth-order valence-corrected chi connectivity index (χ4v) is 8.09. The van der Waals surface area contributed by atoms with Crippen LogP contribution in [0.4, 0.5) is 22.7 Å². The number of imide groups is 2. The number of anilines is 2. The highest BCUT2D eigenvalue weighted by Gasteiger charge is 2.62. The van der Waals surface area contributed by atoms with Crippen molar-refractivity contribution in [2.45, 2.75) is 18.8 Å². The zero-order valence-corrected chi connectivity index (χ0v) is 25.3. The minimum absolute atomic E-state index is 0.0367. The summed E-state index contributed by atoms with van der Waals surface area (Å²) in [6.07, 6.45) is 2.00. The largest absolute Gasteiger partial charge is 0.508 e. The number of amides is 4. The first-order valence-corrected chi connectivity index (χ1v) is 15.2. The van der Waals surface area contributed by atoms with Gasteiger partial charge in [0.25, 0.3) is 11.4 Å². The highest BCUT2D eigenvalue weighted by molar-refractivity contribution is 9.10. The van der Waals surface area contributed by atoms with Gasteiger partial charge in [-0.15, -0.1) is 0 Å². The monoisotopic (exact) mass is 686 g/mol. The molecule has 3 fully saturated rings. The highest BCUT2D eigenvalue weighted by Crippen LogP contribution is 2.59. The number of allylic oxidation sites excluding steroid dienone is 2. The molecule has 0 bridgehead atoms. The second-order valence-electron chi connectivity index (χ2n) is 11.8. The van der Waals surface area contributed by atoms with E-state index in [0.717, 1.165) is 21.9 Å². The maximum absolute atomic E-state index is 14.2. The van der Waals surface area contributed by atoms with Crippen molar-refractivity contribution in [3.8, 4) is 5.75 Å². The summed E-state index contributed by atoms with van der Waals surface area (Å²) in [7, 11) is 0. The third-order valence-electron chi connectivity index (χ3n) is 9.57. The van der Waals surface area contributed by atoms with Crippen molar-refractivity contribution in [3.63, 3.8) is 0 Å². The van der Waals surface area contributed by atoms with Crippen LogP contribution in [0.5, 0.6) is 5.75 Å². The second kappa shape index (κ2) is 10.7. The van der Waals surface area contributed by atoms with Gasteiger partial charge in [-0.05, 0) is 49.1 Å². The molecule has 2 heterocycles. The lowest BCUT2D eigenvalue weighted by Gasteiger charge is -2.44. The van der Waals surface area contributed by atoms with Crippen LogP contribution in [-0.2, 0) is 19.2 Å². The third-order valence-corrected chi connectivity index (χ3v) is 10.1. The Hall–Kier alpha value is -5.24. The zero-order chi connectivity index (χ0) is 32.6. The molecule has 6 atom stereocenters. The number of rotatable bonds is 5. The minimum atomic E-state index is -0.994. The summed E-state index contributed by atoms with van der Waals surface area (Å²) < 4.78 is 0.601. The van der Waals surface area contributed by atoms with E-state index in [-0.39, 0.29) is 41.3 Å². The molecule has 0 aromatic heterocycles. The van der Waals surface area contributed by atoms with E-state index in [9.17, 15) is 44.5 Å². The molecular formula is C32H23BrN4O9. The topological polar surface area (TPSA) is 181 Å². The second-order valence-corrected chi connectivity index (χ2v) is 12.7. The molecular weight excluding hydrogens is 664 g/mol. The van der Waals surface area contributed by atoms with Gasteiger partial charge in [0.15, 0.2) is 0 Å². The highest BCUT2D eigenvalue weighted by atomic mass is 79.9. The first-order chi connectivity index (χ1) is 22.0. The molecule has 46 heavy (non-hydrogen) atoms. The number of hydrogen-bond donors (Lipinski definition) is 1. The van der Waals surface area contributed by atoms with Crippen LogP contribution in [0.2, 0.25) is 0 Å². The number of carbonyl (C=O) groups is 4. The summed E-state index contributed by atoms with van der Waals surface area (Å²) in [6.45, 7) is 0. The van der Waals surface area contributed by atoms with E-state index < -0.39 is 69.0 Å². The molecule has 13 nitrogen and oxygen atoms in total. The van der Waals surface area contributed by atoms with E-state index >= 15 is 0 Å². The van der Waals surface area contributed by atoms with Crippen LogP contribution in [0.1, 0.15) is 24.3 Å². The van der Waals surface area contributed by atoms with Crippen LogP contribution in [-0.4, -0.2) is 38.6 Å². The predicted octanol–water partition coefficient (Wildman–Crippen LogP) is 5.02. The van der Waals surface area contributed by atoms with Crippen molar-refractivity contribution < 1.29 is 34.1 Å². The zero-order valence-electron chi connectivity index (χ0n) is 23.7. The molecule has 0 spiro atoms. The minimum Gasteiger partial charge on any atom is -0.508 e. The molecule has 1 saturated carbocycles. The number of nitro groups is 2. The van der Waals surface area contributed by atoms with E-state index in [0.29, 0.717) is 15.6 Å². The van der Waals surface area contributed by atoms with Gasteiger partial charge in [-0.1, -0.05) is 39.7 Å². The summed E-state index contributed by atoms with van der Waals surface area (Å²) >= 11 is 3.42. The number of phenolic OH excluding ortho intramolecular Hbond substituents is 1. The molecule has 3 aromatic rings. The van der Waals surface area contributed by atoms with Crippen molar-refractivity contribution in [1.29, 1.82) is 0 Å². The molecule has 6 unspecified atom stereocenters. The van der Waals surface area contributed by atoms with Crippen LogP contribution < -0.4 is 9.80 Å². The molecule has 2 aliphatic heterocycles. The van der Waals surface area contributed by atoms with Gasteiger partial charge < -0.3 is 5.11 Å².